The molecule has 0 unspecified atom stereocenters. The number of benzene rings is 2. The summed E-state index contributed by atoms with van der Waals surface area (Å²) in [4.78, 5) is 24.2. The van der Waals surface area contributed by atoms with E-state index in [0.717, 1.165) is 86.8 Å². The van der Waals surface area contributed by atoms with E-state index in [2.05, 4.69) is 63.2 Å². The van der Waals surface area contributed by atoms with Gasteiger partial charge in [0, 0.05) is 50.7 Å². The molecule has 2 aromatic carbocycles. The van der Waals surface area contributed by atoms with Gasteiger partial charge in [-0.25, -0.2) is 9.78 Å². The van der Waals surface area contributed by atoms with Crippen molar-refractivity contribution in [3.05, 3.63) is 71.9 Å². The predicted molar refractivity (Wildman–Crippen MR) is 171 cm³/mol. The summed E-state index contributed by atoms with van der Waals surface area (Å²) in [7, 11) is 0. The number of anilines is 1. The number of esters is 1. The Morgan fingerprint density at radius 2 is 1.62 bits per heavy atom. The molecule has 0 radical (unpaired) electrons. The molecule has 224 valence electrons. The summed E-state index contributed by atoms with van der Waals surface area (Å²) < 4.78 is 11.0. The first-order valence-corrected chi connectivity index (χ1v) is 15.8. The van der Waals surface area contributed by atoms with Crippen LogP contribution < -0.4 is 9.64 Å². The van der Waals surface area contributed by atoms with Crippen LogP contribution in [0, 0.1) is 0 Å². The molecule has 0 amide bonds. The number of likely N-dealkylation sites (tertiary alicyclic amines) is 1. The van der Waals surface area contributed by atoms with Crippen molar-refractivity contribution in [2.24, 2.45) is 0 Å². The van der Waals surface area contributed by atoms with Crippen LogP contribution in [0.15, 0.2) is 60.7 Å². The van der Waals surface area contributed by atoms with E-state index in [9.17, 15) is 4.79 Å². The molecule has 0 saturated carbocycles. The average molecular weight is 571 g/mol. The molecule has 0 spiro atoms. The fraction of sp³-hybridized carbons (Fsp3) is 0.486. The zero-order valence-electron chi connectivity index (χ0n) is 25.2. The topological polar surface area (TPSA) is 58.1 Å². The maximum absolute atomic E-state index is 11.7. The summed E-state index contributed by atoms with van der Waals surface area (Å²) in [5.74, 6) is 0.633. The summed E-state index contributed by atoms with van der Waals surface area (Å²) in [5, 5.41) is 1.10. The molecule has 7 heteroatoms. The highest BCUT2D eigenvalue weighted by atomic mass is 16.5. The molecule has 0 N–H and O–H groups in total. The van der Waals surface area contributed by atoms with Crippen LogP contribution in [-0.2, 0) is 16.0 Å². The lowest BCUT2D eigenvalue weighted by atomic mass is 10.1. The number of carbonyl (C=O) groups is 1. The van der Waals surface area contributed by atoms with Crippen LogP contribution in [0.25, 0.3) is 17.0 Å². The monoisotopic (exact) mass is 570 g/mol. The molecule has 7 nitrogen and oxygen atoms in total. The average Bonchev–Trinajstić information content (AvgIpc) is 3.31. The Hall–Kier alpha value is -3.42. The van der Waals surface area contributed by atoms with Gasteiger partial charge < -0.3 is 19.3 Å². The molecular formula is C35H46N4O3. The Kier molecular flexibility index (Phi) is 11.2. The molecule has 0 aliphatic carbocycles. The number of hydrogen-bond donors (Lipinski definition) is 0. The van der Waals surface area contributed by atoms with Crippen LogP contribution in [0.3, 0.4) is 0 Å². The Morgan fingerprint density at radius 3 is 2.38 bits per heavy atom. The lowest BCUT2D eigenvalue weighted by Gasteiger charge is -2.36. The lowest BCUT2D eigenvalue weighted by Crippen LogP contribution is -2.47. The van der Waals surface area contributed by atoms with Crippen LogP contribution in [0.5, 0.6) is 5.75 Å². The summed E-state index contributed by atoms with van der Waals surface area (Å²) in [6, 6.07) is 19.0. The Bertz CT molecular complexity index is 1290. The molecule has 3 heterocycles. The molecule has 0 bridgehead atoms. The number of fused-ring (bicyclic) bond motifs is 1. The summed E-state index contributed by atoms with van der Waals surface area (Å²) >= 11 is 0. The van der Waals surface area contributed by atoms with Gasteiger partial charge in [0.05, 0.1) is 30.1 Å². The van der Waals surface area contributed by atoms with E-state index >= 15 is 0 Å². The van der Waals surface area contributed by atoms with E-state index in [1.54, 1.807) is 13.0 Å². The van der Waals surface area contributed by atoms with Crippen LogP contribution in [0.1, 0.15) is 50.3 Å². The first kappa shape index (κ1) is 30.1. The van der Waals surface area contributed by atoms with Gasteiger partial charge in [-0.05, 0) is 81.6 Å². The molecule has 2 aliphatic heterocycles. The van der Waals surface area contributed by atoms with Gasteiger partial charge in [0.2, 0.25) is 0 Å². The van der Waals surface area contributed by atoms with Crippen molar-refractivity contribution < 1.29 is 14.3 Å². The van der Waals surface area contributed by atoms with Crippen LogP contribution in [0.2, 0.25) is 0 Å². The van der Waals surface area contributed by atoms with E-state index < -0.39 is 0 Å². The number of hydrogen-bond acceptors (Lipinski definition) is 7. The van der Waals surface area contributed by atoms with Gasteiger partial charge in [-0.3, -0.25) is 4.90 Å². The van der Waals surface area contributed by atoms with Crippen molar-refractivity contribution >= 4 is 28.6 Å². The zero-order valence-corrected chi connectivity index (χ0v) is 25.2. The van der Waals surface area contributed by atoms with Crippen molar-refractivity contribution in [1.82, 2.24) is 14.8 Å². The number of nitrogens with zero attached hydrogens (tertiary/aromatic N) is 4. The first-order chi connectivity index (χ1) is 20.7. The van der Waals surface area contributed by atoms with E-state index in [-0.39, 0.29) is 5.97 Å². The first-order valence-electron chi connectivity index (χ1n) is 15.8. The minimum absolute atomic E-state index is 0.345. The van der Waals surface area contributed by atoms with Crippen LogP contribution >= 0.6 is 0 Å². The third-order valence-electron chi connectivity index (χ3n) is 8.34. The van der Waals surface area contributed by atoms with Crippen LogP contribution in [0.4, 0.5) is 5.69 Å². The zero-order chi connectivity index (χ0) is 29.0. The quantitative estimate of drug-likeness (QED) is 0.155. The third kappa shape index (κ3) is 8.79. The van der Waals surface area contributed by atoms with Gasteiger partial charge >= 0.3 is 5.97 Å². The van der Waals surface area contributed by atoms with Gasteiger partial charge in [-0.2, -0.15) is 0 Å². The molecular weight excluding hydrogens is 524 g/mol. The maximum Gasteiger partial charge on any atom is 0.330 e. The normalized spacial score (nSPS) is 17.0. The predicted octanol–water partition coefficient (Wildman–Crippen LogP) is 5.82. The minimum Gasteiger partial charge on any atom is -0.494 e. The molecule has 1 aromatic heterocycles. The van der Waals surface area contributed by atoms with Crippen molar-refractivity contribution in [2.45, 2.75) is 45.4 Å². The van der Waals surface area contributed by atoms with E-state index in [1.807, 2.05) is 6.07 Å². The third-order valence-corrected chi connectivity index (χ3v) is 8.34. The molecule has 2 fully saturated rings. The van der Waals surface area contributed by atoms with Crippen molar-refractivity contribution in [3.8, 4) is 5.75 Å². The Morgan fingerprint density at radius 1 is 0.857 bits per heavy atom. The number of pyridine rings is 1. The summed E-state index contributed by atoms with van der Waals surface area (Å²) in [5.41, 5.74) is 4.24. The molecule has 3 aromatic rings. The number of para-hydroxylation sites is 1. The Labute approximate surface area is 251 Å². The molecule has 42 heavy (non-hydrogen) atoms. The minimum atomic E-state index is -0.345. The SMILES string of the molecule is CCOC(=O)C=Cc1ccc2cccc(N3CCN(CCc4ccc(OCCCN5CCCCCC5)cc4)CC3)c2n1. The Balaban J connectivity index is 1.06. The van der Waals surface area contributed by atoms with Crippen molar-refractivity contribution in [1.29, 1.82) is 0 Å². The number of ether oxygens (including phenoxy) is 2. The van der Waals surface area contributed by atoms with Crippen LogP contribution in [-0.4, -0.2) is 86.3 Å². The fourth-order valence-corrected chi connectivity index (χ4v) is 5.93. The number of carbonyl (C=O) groups excluding carboxylic acids is 1. The number of aromatic nitrogens is 1. The standard InChI is InChI=1S/C35H46N4O3/c1-2-41-34(40)18-15-31-14-13-30-9-7-10-33(35(30)36-31)39-26-24-38(25-27-39)23-19-29-11-16-32(17-12-29)42-28-8-22-37-20-5-3-4-6-21-37/h7,9-18H,2-6,8,19-28H2,1H3. The second kappa shape index (κ2) is 15.7. The molecule has 2 aliphatic rings. The summed E-state index contributed by atoms with van der Waals surface area (Å²) in [6.07, 6.45) is 10.8. The molecule has 5 rings (SSSR count). The van der Waals surface area contributed by atoms with Gasteiger partial charge in [0.1, 0.15) is 5.75 Å². The lowest BCUT2D eigenvalue weighted by molar-refractivity contribution is -0.137. The van der Waals surface area contributed by atoms with E-state index in [4.69, 9.17) is 14.5 Å². The molecule has 0 atom stereocenters. The van der Waals surface area contributed by atoms with Gasteiger partial charge in [-0.1, -0.05) is 43.2 Å². The highest BCUT2D eigenvalue weighted by Crippen LogP contribution is 2.27. The highest BCUT2D eigenvalue weighted by Gasteiger charge is 2.19. The largest absolute Gasteiger partial charge is 0.494 e. The second-order valence-corrected chi connectivity index (χ2v) is 11.4. The maximum atomic E-state index is 11.7. The van der Waals surface area contributed by atoms with Gasteiger partial charge in [-0.15, -0.1) is 0 Å². The highest BCUT2D eigenvalue weighted by molar-refractivity contribution is 5.92. The summed E-state index contributed by atoms with van der Waals surface area (Å²) in [6.45, 7) is 11.7. The second-order valence-electron chi connectivity index (χ2n) is 11.4. The van der Waals surface area contributed by atoms with E-state index in [0.29, 0.717) is 6.61 Å². The van der Waals surface area contributed by atoms with E-state index in [1.165, 1.54) is 50.4 Å². The fourth-order valence-electron chi connectivity index (χ4n) is 5.93. The van der Waals surface area contributed by atoms with Crippen molar-refractivity contribution in [3.63, 3.8) is 0 Å². The molecule has 2 saturated heterocycles. The van der Waals surface area contributed by atoms with Gasteiger partial charge in [0.25, 0.3) is 0 Å². The number of piperazine rings is 1. The smallest absolute Gasteiger partial charge is 0.330 e. The number of rotatable bonds is 12. The van der Waals surface area contributed by atoms with Gasteiger partial charge in [0.15, 0.2) is 0 Å². The van der Waals surface area contributed by atoms with Crippen molar-refractivity contribution in [2.75, 3.05) is 70.5 Å².